The van der Waals surface area contributed by atoms with Gasteiger partial charge in [0.15, 0.2) is 0 Å². The lowest BCUT2D eigenvalue weighted by molar-refractivity contribution is 0.858. The zero-order chi connectivity index (χ0) is 31.8. The van der Waals surface area contributed by atoms with Crippen molar-refractivity contribution < 1.29 is 0 Å². The minimum atomic E-state index is -2.04. The molecule has 0 saturated heterocycles. The Labute approximate surface area is 280 Å². The molecule has 2 aromatic carbocycles. The second-order valence-electron chi connectivity index (χ2n) is 14.5. The molecule has 0 aromatic heterocycles. The molecule has 0 atom stereocenters. The maximum atomic E-state index is 4.44. The molecule has 0 bridgehead atoms. The largest absolute Gasteiger partial charge is 0.144 e. The van der Waals surface area contributed by atoms with Gasteiger partial charge in [-0.2, -0.15) is 0 Å². The van der Waals surface area contributed by atoms with Gasteiger partial charge in [-0.1, -0.05) is 102 Å². The van der Waals surface area contributed by atoms with Crippen molar-refractivity contribution in [3.8, 4) is 0 Å². The van der Waals surface area contributed by atoms with Crippen LogP contribution in [0.2, 0.25) is 6.55 Å². The van der Waals surface area contributed by atoms with Crippen LogP contribution in [0.25, 0.3) is 11.1 Å². The van der Waals surface area contributed by atoms with Crippen LogP contribution in [-0.4, -0.2) is 18.3 Å². The van der Waals surface area contributed by atoms with Gasteiger partial charge in [0.1, 0.15) is 8.07 Å². The highest BCUT2D eigenvalue weighted by Crippen LogP contribution is 2.51. The maximum absolute atomic E-state index is 4.44. The zero-order valence-corrected chi connectivity index (χ0v) is 30.2. The molecule has 6 aliphatic carbocycles. The van der Waals surface area contributed by atoms with Crippen molar-refractivity contribution >= 4 is 34.6 Å². The Morgan fingerprint density at radius 3 is 1.54 bits per heavy atom. The summed E-state index contributed by atoms with van der Waals surface area (Å²) in [5, 5.41) is 4.51. The molecule has 2 aromatic rings. The quantitative estimate of drug-likeness (QED) is 0.279. The highest BCUT2D eigenvalue weighted by molar-refractivity contribution is 7.03. The van der Waals surface area contributed by atoms with Crippen LogP contribution in [-0.2, 0) is 17.9 Å². The fraction of sp³-hybridized carbons (Fsp3) is 0.318. The number of fused-ring (bicyclic) bond motifs is 2. The Morgan fingerprint density at radius 1 is 0.587 bits per heavy atom. The Hall–Kier alpha value is -3.47. The van der Waals surface area contributed by atoms with Gasteiger partial charge in [0, 0.05) is 5.04 Å². The molecule has 0 N–H and O–H groups in total. The molecule has 0 unspecified atom stereocenters. The predicted octanol–water partition coefficient (Wildman–Crippen LogP) is 10.00. The van der Waals surface area contributed by atoms with Gasteiger partial charge in [-0.25, -0.2) is 0 Å². The standard InChI is InChI=1S/C44H45Si2/c1-28-26-40(44(45,32-14-6-7-15-32)33-16-8-9-17-33)30(3)36-22-24-38(42(28)36)39-25-23-37-31(4)41(27-29(2)43(37)39)46(5,34-18-10-11-19-34)35-20-12-13-21-35/h6,8,10,12,14-21,26-27H,7,9,11,13,22-25H2,1-5H3/b39-38+. The molecule has 2 heteroatoms. The summed E-state index contributed by atoms with van der Waals surface area (Å²) in [6, 6.07) is 5.14. The molecular weight excluding hydrogens is 585 g/mol. The number of allylic oxidation sites excluding steroid dienone is 18. The van der Waals surface area contributed by atoms with Crippen LogP contribution in [0.4, 0.5) is 0 Å². The van der Waals surface area contributed by atoms with E-state index in [1.165, 1.54) is 39.8 Å². The Bertz CT molecular complexity index is 1790. The summed E-state index contributed by atoms with van der Waals surface area (Å²) in [6.45, 7) is 12.2. The molecule has 3 radical (unpaired) electrons. The van der Waals surface area contributed by atoms with Gasteiger partial charge in [-0.3, -0.25) is 0 Å². The highest BCUT2D eigenvalue weighted by atomic mass is 28.3. The first kappa shape index (κ1) is 29.9. The number of hydrogen-bond acceptors (Lipinski definition) is 0. The van der Waals surface area contributed by atoms with Crippen LogP contribution in [0.5, 0.6) is 0 Å². The molecule has 8 rings (SSSR count). The van der Waals surface area contributed by atoms with E-state index in [0.717, 1.165) is 44.9 Å². The van der Waals surface area contributed by atoms with E-state index in [0.29, 0.717) is 0 Å². The van der Waals surface area contributed by atoms with E-state index < -0.39 is 8.07 Å². The van der Waals surface area contributed by atoms with Crippen LogP contribution >= 0.6 is 0 Å². The zero-order valence-electron chi connectivity index (χ0n) is 28.2. The molecule has 0 spiro atoms. The van der Waals surface area contributed by atoms with E-state index in [9.17, 15) is 0 Å². The molecule has 0 fully saturated rings. The third kappa shape index (κ3) is 4.22. The summed E-state index contributed by atoms with van der Waals surface area (Å²) >= 11 is 0. The second kappa shape index (κ2) is 11.1. The second-order valence-corrected chi connectivity index (χ2v) is 19.2. The third-order valence-electron chi connectivity index (χ3n) is 12.1. The first-order chi connectivity index (χ1) is 22.2. The molecule has 229 valence electrons. The SMILES string of the molecule is Cc1cc(C([Si])(C2=CCC=C2)C2=CCC=C2)c(C)c2c1/C(=C1\CCc3c(C)c([Si](C)(C4=CCC=C4)C4=CCC=C4)cc(C)c31)CC2. The lowest BCUT2D eigenvalue weighted by Gasteiger charge is -2.35. The van der Waals surface area contributed by atoms with Crippen molar-refractivity contribution in [1.29, 1.82) is 0 Å². The topological polar surface area (TPSA) is 0 Å². The lowest BCUT2D eigenvalue weighted by atomic mass is 9.78. The molecule has 46 heavy (non-hydrogen) atoms. The lowest BCUT2D eigenvalue weighted by Crippen LogP contribution is -2.50. The molecule has 0 heterocycles. The summed E-state index contributed by atoms with van der Waals surface area (Å²) in [5.41, 5.74) is 19.7. The minimum Gasteiger partial charge on any atom is -0.0808 e. The van der Waals surface area contributed by atoms with Crippen molar-refractivity contribution in [2.75, 3.05) is 0 Å². The predicted molar refractivity (Wildman–Crippen MR) is 201 cm³/mol. The van der Waals surface area contributed by atoms with E-state index in [-0.39, 0.29) is 5.04 Å². The smallest absolute Gasteiger partial charge is 0.0808 e. The van der Waals surface area contributed by atoms with E-state index in [4.69, 9.17) is 0 Å². The maximum Gasteiger partial charge on any atom is 0.144 e. The van der Waals surface area contributed by atoms with Crippen LogP contribution in [0, 0.1) is 27.7 Å². The van der Waals surface area contributed by atoms with Crippen molar-refractivity contribution in [3.05, 3.63) is 157 Å². The number of aryl methyl sites for hydroxylation is 2. The van der Waals surface area contributed by atoms with Gasteiger partial charge in [-0.15, -0.1) is 0 Å². The summed E-state index contributed by atoms with van der Waals surface area (Å²) in [6.07, 6.45) is 37.4. The Morgan fingerprint density at radius 2 is 1.07 bits per heavy atom. The van der Waals surface area contributed by atoms with Crippen molar-refractivity contribution in [3.63, 3.8) is 0 Å². The highest BCUT2D eigenvalue weighted by Gasteiger charge is 2.41. The van der Waals surface area contributed by atoms with Gasteiger partial charge < -0.3 is 0 Å². The molecule has 6 aliphatic rings. The van der Waals surface area contributed by atoms with Crippen molar-refractivity contribution in [2.24, 2.45) is 0 Å². The average Bonchev–Trinajstić information content (AvgIpc) is 3.91. The summed E-state index contributed by atoms with van der Waals surface area (Å²) in [7, 11) is 2.39. The fourth-order valence-corrected chi connectivity index (χ4v) is 14.7. The Balaban J connectivity index is 1.26. The fourth-order valence-electron chi connectivity index (χ4n) is 9.78. The first-order valence-electron chi connectivity index (χ1n) is 17.5. The van der Waals surface area contributed by atoms with E-state index in [1.54, 1.807) is 54.5 Å². The molecule has 0 saturated carbocycles. The third-order valence-corrected chi connectivity index (χ3v) is 17.6. The van der Waals surface area contributed by atoms with Crippen LogP contribution in [0.3, 0.4) is 0 Å². The van der Waals surface area contributed by atoms with Gasteiger partial charge in [-0.05, 0) is 157 Å². The number of rotatable bonds is 6. The van der Waals surface area contributed by atoms with Gasteiger partial charge in [0.25, 0.3) is 0 Å². The molecular formula is C44H45Si2. The van der Waals surface area contributed by atoms with Gasteiger partial charge in [0.05, 0.1) is 10.2 Å². The average molecular weight is 630 g/mol. The summed E-state index contributed by atoms with van der Waals surface area (Å²) < 4.78 is 0. The number of benzene rings is 2. The van der Waals surface area contributed by atoms with E-state index in [1.807, 2.05) is 0 Å². The molecule has 0 amide bonds. The monoisotopic (exact) mass is 629 g/mol. The van der Waals surface area contributed by atoms with Gasteiger partial charge in [0.2, 0.25) is 0 Å². The number of hydrogen-bond donors (Lipinski definition) is 0. The van der Waals surface area contributed by atoms with Crippen LogP contribution in [0.15, 0.2) is 107 Å². The normalized spacial score (nSPS) is 21.3. The Kier molecular flexibility index (Phi) is 7.19. The van der Waals surface area contributed by atoms with E-state index in [2.05, 4.69) is 130 Å². The van der Waals surface area contributed by atoms with E-state index >= 15 is 0 Å². The minimum absolute atomic E-state index is 0.297. The van der Waals surface area contributed by atoms with Crippen molar-refractivity contribution in [2.45, 2.75) is 90.6 Å². The van der Waals surface area contributed by atoms with Crippen molar-refractivity contribution in [1.82, 2.24) is 0 Å². The van der Waals surface area contributed by atoms with Crippen LogP contribution < -0.4 is 5.19 Å². The summed E-state index contributed by atoms with van der Waals surface area (Å²) in [4.78, 5) is 0. The van der Waals surface area contributed by atoms with Crippen LogP contribution in [0.1, 0.15) is 88.6 Å². The molecule has 0 nitrogen and oxygen atoms in total. The summed E-state index contributed by atoms with van der Waals surface area (Å²) in [5.74, 6) is 0. The van der Waals surface area contributed by atoms with Gasteiger partial charge >= 0.3 is 0 Å². The molecule has 0 aliphatic heterocycles. The first-order valence-corrected chi connectivity index (χ1v) is 20.5.